The Morgan fingerprint density at radius 1 is 1.03 bits per heavy atom. The molecule has 0 aliphatic heterocycles. The number of ketones is 1. The van der Waals surface area contributed by atoms with E-state index >= 15 is 0 Å². The van der Waals surface area contributed by atoms with E-state index in [4.69, 9.17) is 15.6 Å². The number of Topliss-reactive ketones (excluding diaryl/α,β-unsaturated/α-hetero) is 1. The number of amides is 2. The van der Waals surface area contributed by atoms with Crippen LogP contribution in [-0.2, 0) is 27.3 Å². The molecule has 0 aliphatic rings. The number of carbonyl (C=O) groups is 4. The number of nitrogens with two attached hydrogens (primary N) is 1. The molecule has 3 aromatic rings. The minimum absolute atomic E-state index is 0.146. The zero-order valence-corrected chi connectivity index (χ0v) is 21.0. The van der Waals surface area contributed by atoms with E-state index in [-0.39, 0.29) is 11.3 Å². The zero-order valence-electron chi connectivity index (χ0n) is 21.0. The Morgan fingerprint density at radius 3 is 2.22 bits per heavy atom. The van der Waals surface area contributed by atoms with Gasteiger partial charge in [0.1, 0.15) is 12.3 Å². The van der Waals surface area contributed by atoms with Crippen LogP contribution in [0.4, 0.5) is 0 Å². The van der Waals surface area contributed by atoms with Gasteiger partial charge >= 0.3 is 5.97 Å². The van der Waals surface area contributed by atoms with Crippen molar-refractivity contribution in [3.8, 4) is 5.75 Å². The van der Waals surface area contributed by atoms with Crippen molar-refractivity contribution in [3.63, 3.8) is 0 Å². The zero-order chi connectivity index (χ0) is 26.8. The molecule has 9 nitrogen and oxygen atoms in total. The van der Waals surface area contributed by atoms with E-state index in [2.05, 4.69) is 26.1 Å². The van der Waals surface area contributed by atoms with E-state index in [0.717, 1.165) is 11.5 Å². The number of fused-ring (bicyclic) bond motifs is 1. The van der Waals surface area contributed by atoms with Crippen LogP contribution in [0.2, 0.25) is 0 Å². The second-order valence-electron chi connectivity index (χ2n) is 8.78. The Balaban J connectivity index is 0.00000106. The number of aromatic nitrogens is 1. The minimum atomic E-state index is -1.18. The predicted molar refractivity (Wildman–Crippen MR) is 137 cm³/mol. The first kappa shape index (κ1) is 28.1. The van der Waals surface area contributed by atoms with Gasteiger partial charge in [0.15, 0.2) is 6.61 Å². The molecule has 0 saturated carbocycles. The van der Waals surface area contributed by atoms with Crippen molar-refractivity contribution in [2.75, 3.05) is 13.2 Å². The van der Waals surface area contributed by atoms with Crippen LogP contribution in [0.1, 0.15) is 49.3 Å². The van der Waals surface area contributed by atoms with Gasteiger partial charge in [-0.3, -0.25) is 19.2 Å². The molecule has 0 bridgehead atoms. The molecule has 0 fully saturated rings. The molecule has 0 spiro atoms. The molecule has 1 aromatic heterocycles. The van der Waals surface area contributed by atoms with E-state index in [9.17, 15) is 19.2 Å². The van der Waals surface area contributed by atoms with Gasteiger partial charge in [0.05, 0.1) is 16.5 Å². The van der Waals surface area contributed by atoms with Crippen molar-refractivity contribution in [1.29, 1.82) is 0 Å². The number of benzene rings is 2. The number of hydrogen-bond donors (Lipinski definition) is 3. The van der Waals surface area contributed by atoms with Crippen LogP contribution in [0.15, 0.2) is 48.5 Å². The summed E-state index contributed by atoms with van der Waals surface area (Å²) in [4.78, 5) is 47.1. The van der Waals surface area contributed by atoms with Gasteiger partial charge in [0, 0.05) is 12.2 Å². The maximum atomic E-state index is 12.8. The average molecular weight is 496 g/mol. The quantitative estimate of drug-likeness (QED) is 0.291. The van der Waals surface area contributed by atoms with Gasteiger partial charge in [-0.25, -0.2) is 0 Å². The van der Waals surface area contributed by atoms with Gasteiger partial charge in [-0.05, 0) is 30.0 Å². The summed E-state index contributed by atoms with van der Waals surface area (Å²) in [6.45, 7) is 7.83. The molecule has 2 aromatic carbocycles. The van der Waals surface area contributed by atoms with Crippen molar-refractivity contribution in [2.45, 2.75) is 40.7 Å². The summed E-state index contributed by atoms with van der Waals surface area (Å²) in [5.74, 6) is -2.69. The lowest BCUT2D eigenvalue weighted by Gasteiger charge is -2.11. The summed E-state index contributed by atoms with van der Waals surface area (Å²) in [5.41, 5.74) is 7.74. The van der Waals surface area contributed by atoms with Crippen LogP contribution < -0.4 is 15.8 Å². The summed E-state index contributed by atoms with van der Waals surface area (Å²) >= 11 is 0. The van der Waals surface area contributed by atoms with E-state index in [0.29, 0.717) is 29.6 Å². The molecule has 192 valence electrons. The lowest BCUT2D eigenvalue weighted by molar-refractivity contribution is -0.138. The van der Waals surface area contributed by atoms with Crippen LogP contribution in [0.5, 0.6) is 5.75 Å². The third kappa shape index (κ3) is 7.43. The fourth-order valence-corrected chi connectivity index (χ4v) is 3.59. The Kier molecular flexibility index (Phi) is 10.2. The summed E-state index contributed by atoms with van der Waals surface area (Å²) in [5, 5.41) is 11.3. The van der Waals surface area contributed by atoms with E-state index < -0.39 is 36.7 Å². The molecular weight excluding hydrogens is 462 g/mol. The van der Waals surface area contributed by atoms with Crippen molar-refractivity contribution < 1.29 is 29.0 Å². The van der Waals surface area contributed by atoms with Crippen molar-refractivity contribution in [2.24, 2.45) is 11.7 Å². The van der Waals surface area contributed by atoms with E-state index in [1.807, 2.05) is 41.8 Å². The number of hydrogen-bond acceptors (Lipinski definition) is 5. The van der Waals surface area contributed by atoms with Crippen LogP contribution in [-0.4, -0.2) is 46.4 Å². The lowest BCUT2D eigenvalue weighted by Crippen LogP contribution is -2.33. The Hall–Kier alpha value is -4.14. The number of carbonyl (C=O) groups excluding carboxylic acids is 3. The highest BCUT2D eigenvalue weighted by molar-refractivity contribution is 6.45. The molecule has 3 rings (SSSR count). The standard InChI is InChI=1S/C23H23N3O6.C4H10/c1-2-15-21(22(30)23(24)31)20-16(26(15)12-14-7-4-3-5-8-14)9-6-10-17(20)32-13-18(27)25-11-19(28)29;1-4(2)3/h3-10H,2,11-13H2,1H3,(H2,24,31)(H,25,27)(H,28,29);4H,1-3H3. The Labute approximate surface area is 210 Å². The molecular formula is C27H33N3O6. The summed E-state index contributed by atoms with van der Waals surface area (Å²) in [7, 11) is 0. The third-order valence-electron chi connectivity index (χ3n) is 4.92. The molecule has 0 radical (unpaired) electrons. The van der Waals surface area contributed by atoms with Crippen LogP contribution in [0, 0.1) is 5.92 Å². The highest BCUT2D eigenvalue weighted by atomic mass is 16.5. The molecule has 4 N–H and O–H groups in total. The fraction of sp³-hybridized carbons (Fsp3) is 0.333. The Morgan fingerprint density at radius 2 is 1.67 bits per heavy atom. The first-order valence-electron chi connectivity index (χ1n) is 11.7. The number of rotatable bonds is 10. The fourth-order valence-electron chi connectivity index (χ4n) is 3.59. The minimum Gasteiger partial charge on any atom is -0.483 e. The Bertz CT molecular complexity index is 1230. The van der Waals surface area contributed by atoms with Gasteiger partial charge in [-0.1, -0.05) is 64.1 Å². The molecule has 0 aliphatic carbocycles. The smallest absolute Gasteiger partial charge is 0.322 e. The normalized spacial score (nSPS) is 10.5. The summed E-state index contributed by atoms with van der Waals surface area (Å²) < 4.78 is 7.55. The first-order chi connectivity index (χ1) is 17.1. The summed E-state index contributed by atoms with van der Waals surface area (Å²) in [6.07, 6.45) is 0.453. The second-order valence-corrected chi connectivity index (χ2v) is 8.78. The largest absolute Gasteiger partial charge is 0.483 e. The topological polar surface area (TPSA) is 141 Å². The molecule has 9 heteroatoms. The number of nitrogens with one attached hydrogen (secondary N) is 1. The lowest BCUT2D eigenvalue weighted by atomic mass is 10.0. The third-order valence-corrected chi connectivity index (χ3v) is 4.92. The number of carboxylic acids is 1. The monoisotopic (exact) mass is 495 g/mol. The molecule has 36 heavy (non-hydrogen) atoms. The van der Waals surface area contributed by atoms with E-state index in [1.165, 1.54) is 0 Å². The maximum absolute atomic E-state index is 12.8. The molecule has 2 amide bonds. The van der Waals surface area contributed by atoms with E-state index in [1.54, 1.807) is 18.2 Å². The molecule has 0 unspecified atom stereocenters. The van der Waals surface area contributed by atoms with Gasteiger partial charge in [0.2, 0.25) is 0 Å². The number of nitrogens with zero attached hydrogens (tertiary/aromatic N) is 1. The van der Waals surface area contributed by atoms with Crippen LogP contribution in [0.3, 0.4) is 0 Å². The van der Waals surface area contributed by atoms with Crippen molar-refractivity contribution in [3.05, 3.63) is 65.4 Å². The number of primary amides is 1. The first-order valence-corrected chi connectivity index (χ1v) is 11.7. The highest BCUT2D eigenvalue weighted by Gasteiger charge is 2.27. The van der Waals surface area contributed by atoms with Crippen LogP contribution >= 0.6 is 0 Å². The van der Waals surface area contributed by atoms with Gasteiger partial charge in [-0.2, -0.15) is 0 Å². The predicted octanol–water partition coefficient (Wildman–Crippen LogP) is 3.16. The SMILES string of the molecule is CC(C)C.CCc1c(C(=O)C(N)=O)c2c(OCC(=O)NCC(=O)O)cccc2n1Cc1ccccc1. The molecule has 0 atom stereocenters. The molecule has 0 saturated heterocycles. The number of carboxylic acid groups (broad SMARTS) is 1. The van der Waals surface area contributed by atoms with Gasteiger partial charge in [-0.15, -0.1) is 0 Å². The number of ether oxygens (including phenoxy) is 1. The van der Waals surface area contributed by atoms with Crippen LogP contribution in [0.25, 0.3) is 10.9 Å². The molecule has 1 heterocycles. The summed E-state index contributed by atoms with van der Waals surface area (Å²) in [6, 6.07) is 14.7. The van der Waals surface area contributed by atoms with Crippen molar-refractivity contribution >= 4 is 34.5 Å². The van der Waals surface area contributed by atoms with Gasteiger partial charge in [0.25, 0.3) is 17.6 Å². The van der Waals surface area contributed by atoms with Crippen molar-refractivity contribution in [1.82, 2.24) is 9.88 Å². The second kappa shape index (κ2) is 13.1. The number of aliphatic carboxylic acids is 1. The maximum Gasteiger partial charge on any atom is 0.322 e. The van der Waals surface area contributed by atoms with Gasteiger partial charge < -0.3 is 25.5 Å². The average Bonchev–Trinajstić information content (AvgIpc) is 3.14. The highest BCUT2D eigenvalue weighted by Crippen LogP contribution is 2.35.